The Hall–Kier alpha value is -1.65. The van der Waals surface area contributed by atoms with Crippen LogP contribution in [0.1, 0.15) is 10.6 Å². The van der Waals surface area contributed by atoms with Crippen LogP contribution in [0.2, 0.25) is 0 Å². The minimum absolute atomic E-state index is 0.148. The van der Waals surface area contributed by atoms with Crippen LogP contribution >= 0.6 is 0 Å². The van der Waals surface area contributed by atoms with Gasteiger partial charge in [-0.05, 0) is 0 Å². The Morgan fingerprint density at radius 1 is 1.40 bits per heavy atom. The summed E-state index contributed by atoms with van der Waals surface area (Å²) in [4.78, 5) is 16.7. The van der Waals surface area contributed by atoms with Crippen molar-refractivity contribution in [2.45, 2.75) is 0 Å². The Morgan fingerprint density at radius 2 is 1.90 bits per heavy atom. The van der Waals surface area contributed by atoms with Crippen molar-refractivity contribution < 1.29 is 15.0 Å². The molecule has 0 aliphatic rings. The number of carboxylic acid groups (broad SMARTS) is 1. The first-order valence-corrected chi connectivity index (χ1v) is 2.44. The van der Waals surface area contributed by atoms with E-state index in [1.165, 1.54) is 0 Å². The van der Waals surface area contributed by atoms with E-state index in [1.807, 2.05) is 0 Å². The summed E-state index contributed by atoms with van der Waals surface area (Å²) in [5, 5.41) is 16.9. The van der Waals surface area contributed by atoms with Crippen molar-refractivity contribution in [1.82, 2.24) is 9.97 Å². The van der Waals surface area contributed by atoms with Gasteiger partial charge in [0.15, 0.2) is 5.75 Å². The molecule has 0 fully saturated rings. The molecular weight excluding hydrogens is 136 g/mol. The van der Waals surface area contributed by atoms with Crippen LogP contribution in [-0.2, 0) is 0 Å². The molecule has 0 aliphatic carbocycles. The fourth-order valence-corrected chi connectivity index (χ4v) is 0.432. The number of aromatic nitrogens is 2. The number of hydrogen-bond acceptors (Lipinski definition) is 4. The lowest BCUT2D eigenvalue weighted by molar-refractivity contribution is 0.0683. The fraction of sp³-hybridized carbons (Fsp3) is 0. The predicted molar refractivity (Wildman–Crippen MR) is 30.7 cm³/mol. The molecule has 2 N–H and O–H groups in total. The molecule has 0 aliphatic heterocycles. The van der Waals surface area contributed by atoms with E-state index in [2.05, 4.69) is 9.97 Å². The minimum Gasteiger partial charge on any atom is -0.505 e. The van der Waals surface area contributed by atoms with E-state index in [4.69, 9.17) is 10.2 Å². The van der Waals surface area contributed by atoms with Gasteiger partial charge in [-0.25, -0.2) is 14.8 Å². The highest BCUT2D eigenvalue weighted by molar-refractivity contribution is 5.82. The third-order valence-corrected chi connectivity index (χ3v) is 0.829. The van der Waals surface area contributed by atoms with Crippen molar-refractivity contribution in [2.24, 2.45) is 0 Å². The molecule has 52 valence electrons. The Labute approximate surface area is 56.0 Å². The topological polar surface area (TPSA) is 83.3 Å². The van der Waals surface area contributed by atoms with Crippen LogP contribution in [0, 0.1) is 0 Å². The van der Waals surface area contributed by atoms with Gasteiger partial charge in [0, 0.05) is 0 Å². The lowest BCUT2D eigenvalue weighted by Gasteiger charge is -1.90. The molecule has 1 heterocycles. The van der Waals surface area contributed by atoms with E-state index < -0.39 is 5.97 Å². The highest BCUT2D eigenvalue weighted by Crippen LogP contribution is 2.01. The lowest BCUT2D eigenvalue weighted by atomic mass is 10.5. The molecule has 1 aromatic heterocycles. The van der Waals surface area contributed by atoms with E-state index in [0.29, 0.717) is 0 Å². The van der Waals surface area contributed by atoms with Crippen molar-refractivity contribution in [1.29, 1.82) is 0 Å². The van der Waals surface area contributed by atoms with Crippen LogP contribution in [0.4, 0.5) is 0 Å². The van der Waals surface area contributed by atoms with Crippen molar-refractivity contribution in [3.63, 3.8) is 0 Å². The highest BCUT2D eigenvalue weighted by Gasteiger charge is 2.03. The summed E-state index contributed by atoms with van der Waals surface area (Å²) in [5.41, 5.74) is 0. The molecule has 0 radical (unpaired) electrons. The summed E-state index contributed by atoms with van der Waals surface area (Å²) in [7, 11) is 0. The van der Waals surface area contributed by atoms with Gasteiger partial charge in [0.05, 0.1) is 12.4 Å². The van der Waals surface area contributed by atoms with Crippen LogP contribution in [0.15, 0.2) is 12.4 Å². The first kappa shape index (κ1) is 6.47. The molecule has 5 heteroatoms. The lowest BCUT2D eigenvalue weighted by Crippen LogP contribution is -2.01. The number of aromatic carboxylic acids is 1. The predicted octanol–water partition coefficient (Wildman–Crippen LogP) is -0.120. The van der Waals surface area contributed by atoms with Gasteiger partial charge in [-0.2, -0.15) is 0 Å². The van der Waals surface area contributed by atoms with Gasteiger partial charge in [0.25, 0.3) is 0 Å². The minimum atomic E-state index is -1.21. The summed E-state index contributed by atoms with van der Waals surface area (Å²) in [6, 6.07) is 0. The number of rotatable bonds is 1. The van der Waals surface area contributed by atoms with Crippen LogP contribution < -0.4 is 0 Å². The molecule has 1 aromatic rings. The van der Waals surface area contributed by atoms with E-state index in [-0.39, 0.29) is 11.6 Å². The summed E-state index contributed by atoms with van der Waals surface area (Å²) >= 11 is 0. The Kier molecular flexibility index (Phi) is 1.49. The molecule has 0 saturated heterocycles. The fourth-order valence-electron chi connectivity index (χ4n) is 0.432. The maximum atomic E-state index is 10.1. The molecule has 0 atom stereocenters. The Morgan fingerprint density at radius 3 is 2.30 bits per heavy atom. The quantitative estimate of drug-likeness (QED) is 0.568. The highest BCUT2D eigenvalue weighted by atomic mass is 16.4. The van der Waals surface area contributed by atoms with Crippen LogP contribution in [0.3, 0.4) is 0 Å². The van der Waals surface area contributed by atoms with Crippen molar-refractivity contribution in [2.75, 3.05) is 0 Å². The van der Waals surface area contributed by atoms with Gasteiger partial charge in [-0.1, -0.05) is 0 Å². The second kappa shape index (κ2) is 2.30. The van der Waals surface area contributed by atoms with Gasteiger partial charge < -0.3 is 10.2 Å². The van der Waals surface area contributed by atoms with Crippen molar-refractivity contribution in [3.8, 4) is 5.75 Å². The molecule has 0 amide bonds. The zero-order chi connectivity index (χ0) is 7.56. The van der Waals surface area contributed by atoms with Gasteiger partial charge in [-0.15, -0.1) is 0 Å². The number of hydrogen-bond donors (Lipinski definition) is 2. The monoisotopic (exact) mass is 140 g/mol. The van der Waals surface area contributed by atoms with E-state index in [0.717, 1.165) is 12.4 Å². The Balaban J connectivity index is 3.00. The summed E-state index contributed by atoms with van der Waals surface area (Å²) in [6.07, 6.45) is 2.05. The first-order chi connectivity index (χ1) is 4.70. The third-order valence-electron chi connectivity index (χ3n) is 0.829. The van der Waals surface area contributed by atoms with Crippen molar-refractivity contribution >= 4 is 5.97 Å². The zero-order valence-corrected chi connectivity index (χ0v) is 4.85. The van der Waals surface area contributed by atoms with Crippen LogP contribution in [0.25, 0.3) is 0 Å². The molecule has 0 saturated carbocycles. The average Bonchev–Trinajstić information content (AvgIpc) is 1.88. The molecule has 0 bridgehead atoms. The second-order valence-electron chi connectivity index (χ2n) is 1.57. The molecule has 0 aromatic carbocycles. The van der Waals surface area contributed by atoms with Crippen molar-refractivity contribution in [3.05, 3.63) is 18.2 Å². The van der Waals surface area contributed by atoms with Gasteiger partial charge in [0.1, 0.15) is 0 Å². The largest absolute Gasteiger partial charge is 0.505 e. The Bertz CT molecular complexity index is 244. The van der Waals surface area contributed by atoms with E-state index in [1.54, 1.807) is 0 Å². The first-order valence-electron chi connectivity index (χ1n) is 2.44. The molecular formula is C5H4N2O3. The smallest absolute Gasteiger partial charge is 0.373 e. The molecule has 10 heavy (non-hydrogen) atoms. The molecule has 0 unspecified atom stereocenters. The second-order valence-corrected chi connectivity index (χ2v) is 1.57. The van der Waals surface area contributed by atoms with Crippen LogP contribution in [0.5, 0.6) is 5.75 Å². The molecule has 0 spiro atoms. The average molecular weight is 140 g/mol. The van der Waals surface area contributed by atoms with Gasteiger partial charge in [0.2, 0.25) is 5.82 Å². The summed E-state index contributed by atoms with van der Waals surface area (Å²) in [5.74, 6) is -1.68. The van der Waals surface area contributed by atoms with Gasteiger partial charge >= 0.3 is 5.97 Å². The maximum absolute atomic E-state index is 10.1. The number of nitrogens with zero attached hydrogens (tertiary/aromatic N) is 2. The van der Waals surface area contributed by atoms with E-state index in [9.17, 15) is 4.79 Å². The molecule has 5 nitrogen and oxygen atoms in total. The maximum Gasteiger partial charge on any atom is 0.373 e. The van der Waals surface area contributed by atoms with Crippen LogP contribution in [-0.4, -0.2) is 26.2 Å². The standard InChI is InChI=1S/C5H4N2O3/c8-3-1-6-4(5(9)10)7-2-3/h1-2,8H,(H,9,10). The third kappa shape index (κ3) is 1.19. The number of aromatic hydroxyl groups is 1. The summed E-state index contributed by atoms with van der Waals surface area (Å²) < 4.78 is 0. The number of carbonyl (C=O) groups is 1. The normalized spacial score (nSPS) is 9.20. The summed E-state index contributed by atoms with van der Waals surface area (Å²) in [6.45, 7) is 0. The zero-order valence-electron chi connectivity index (χ0n) is 4.85. The number of carboxylic acids is 1. The SMILES string of the molecule is O=C(O)c1ncc(O)cn1. The van der Waals surface area contributed by atoms with Gasteiger partial charge in [-0.3, -0.25) is 0 Å². The molecule has 1 rings (SSSR count). The van der Waals surface area contributed by atoms with E-state index >= 15 is 0 Å².